The number of phenolic OH excluding ortho intramolecular Hbond substituents is 2. The molecule has 1 aliphatic rings. The first-order valence-electron chi connectivity index (χ1n) is 42.6. The van der Waals surface area contributed by atoms with Crippen LogP contribution in [0.5, 0.6) is 11.5 Å². The van der Waals surface area contributed by atoms with Crippen molar-refractivity contribution >= 4 is 117 Å². The van der Waals surface area contributed by atoms with Crippen LogP contribution in [0.3, 0.4) is 0 Å². The van der Waals surface area contributed by atoms with Gasteiger partial charge in [-0.3, -0.25) is 81.7 Å². The molecule has 0 saturated carbocycles. The van der Waals surface area contributed by atoms with Gasteiger partial charge in [-0.2, -0.15) is 11.8 Å². The fraction of sp³-hybridized carbons (Fsp3) is 0.424. The van der Waals surface area contributed by atoms with Crippen molar-refractivity contribution in [1.29, 1.82) is 0 Å². The number of carbonyl (C=O) groups excluding carboxylic acids is 16. The van der Waals surface area contributed by atoms with Crippen molar-refractivity contribution in [3.8, 4) is 11.5 Å². The Labute approximate surface area is 752 Å². The number of ketones is 1. The largest absolute Gasteiger partial charge is 0.508 e. The molecule has 0 unspecified atom stereocenters. The number of aromatic nitrogens is 2. The van der Waals surface area contributed by atoms with Crippen molar-refractivity contribution in [3.63, 3.8) is 0 Å². The van der Waals surface area contributed by atoms with Crippen molar-refractivity contribution in [3.05, 3.63) is 198 Å². The lowest BCUT2D eigenvalue weighted by Gasteiger charge is -2.37. The van der Waals surface area contributed by atoms with Gasteiger partial charge in [0.05, 0.1) is 31.8 Å². The smallest absolute Gasteiger partial charge is 0.246 e. The number of primary amides is 2. The molecule has 36 nitrogen and oxygen atoms in total. The van der Waals surface area contributed by atoms with Crippen molar-refractivity contribution in [2.24, 2.45) is 29.0 Å². The van der Waals surface area contributed by atoms with Crippen LogP contribution in [0, 0.1) is 11.8 Å². The Kier molecular flexibility index (Phi) is 38.7. The third kappa shape index (κ3) is 30.6. The maximum absolute atomic E-state index is 15.5. The molecule has 690 valence electrons. The molecule has 37 heteroatoms. The number of nitrogens with zero attached hydrogens (tertiary/aromatic N) is 6. The normalized spacial score (nSPS) is 21.9. The second kappa shape index (κ2) is 49.5. The number of aromatic hydroxyl groups is 2. The van der Waals surface area contributed by atoms with E-state index in [4.69, 9.17) is 17.2 Å². The number of H-pyrrole nitrogens is 1. The molecule has 1 saturated heterocycles. The van der Waals surface area contributed by atoms with Crippen LogP contribution in [0.4, 0.5) is 0 Å². The second-order valence-electron chi connectivity index (χ2n) is 32.6. The van der Waals surface area contributed by atoms with E-state index in [0.29, 0.717) is 57.1 Å². The average molecular weight is 1800 g/mol. The molecule has 17 N–H and O–H groups in total. The molecule has 7 aromatic rings. The third-order valence-corrected chi connectivity index (χ3v) is 23.3. The molecule has 8 rings (SSSR count). The highest BCUT2D eigenvalue weighted by atomic mass is 32.2. The number of para-hydroxylation sites is 1. The first kappa shape index (κ1) is 101. The van der Waals surface area contributed by atoms with Crippen molar-refractivity contribution < 1.29 is 86.9 Å². The SMILES string of the molecule is CCCC[C@H]1C(=O)N(C)CC(=O)N[C@@H](CC(N)=O)C(=O)N[C@@H](C(C)C)C(=O)N(C)[C@@H](Cc2ccccc2)C(=O)N[C@@H](Cc2ccc(O)cc2)C(=O)N(C)CC(=O)N[C@@H](Cc2c[nH]c3ccccc23)C(=O)N[C@@H](Cc2ccc(O)cc2)C(=O)N[C@@H](CCCN)C(=O)N[C@H](C(=O)NCC(N)=O)CSCC(=O)C[C@@H](Cc2ccccc2)C(=O)N(C)[C@@H](Cc2cccnc2)C(=O)N1C. The molecule has 0 radical (unpaired) electrons. The lowest BCUT2D eigenvalue weighted by Crippen LogP contribution is -2.61. The zero-order valence-electron chi connectivity index (χ0n) is 73.7. The van der Waals surface area contributed by atoms with Crippen LogP contribution in [-0.4, -0.2) is 272 Å². The number of Topliss-reactive ketones (excluding diaryl/α,β-unsaturated/α-hetero) is 1. The highest BCUT2D eigenvalue weighted by molar-refractivity contribution is 8.00. The van der Waals surface area contributed by atoms with Gasteiger partial charge in [0.1, 0.15) is 77.7 Å². The summed E-state index contributed by atoms with van der Waals surface area (Å²) in [5, 5.41) is 42.6. The van der Waals surface area contributed by atoms with Gasteiger partial charge in [0.15, 0.2) is 0 Å². The molecule has 1 aliphatic heterocycles. The summed E-state index contributed by atoms with van der Waals surface area (Å²) in [4.78, 5) is 248. The van der Waals surface area contributed by atoms with E-state index in [1.54, 1.807) is 117 Å². The molecule has 2 aromatic heterocycles. The number of pyridine rings is 1. The van der Waals surface area contributed by atoms with Gasteiger partial charge in [0, 0.05) is 115 Å². The van der Waals surface area contributed by atoms with Crippen LogP contribution in [-0.2, 0) is 115 Å². The van der Waals surface area contributed by atoms with Gasteiger partial charge in [0.25, 0.3) is 0 Å². The van der Waals surface area contributed by atoms with E-state index in [9.17, 15) is 48.6 Å². The molecule has 0 spiro atoms. The van der Waals surface area contributed by atoms with E-state index in [1.165, 1.54) is 106 Å². The standard InChI is InChI=1S/C92H118N18O18S/c1-9-10-29-74-90(126)107(5)52-80(117)100-71(47-77(94)114)86(122)105-81(55(2)3)92(128)109(7)75(43-57-23-15-12-16-24-57)87(123)103-72(42-59-32-36-64(112)37-33-59)89(125)106(4)51-79(116)99-70(46-62-49-97-67-27-18-17-26-66(62)67)85(121)102-69(41-58-30-34-63(111)35-31-58)84(120)101-68(28-19-38-93)83(119)104-73(82(118)98-50-78(95)115)54-129-53-65(113)45-61(40-56-21-13-11-14-22-56)88(124)110(8)76(91(127)108(74)6)44-60-25-20-39-96-48-60/h11-18,20-27,30-37,39,48-49,55,61,68-76,81,97,111-112H,9-10,19,28-29,38,40-47,50-54,93H2,1-8H3,(H2,94,114)(H2,95,115)(H,98,118)(H,99,116)(H,100,117)(H,101,120)(H,102,121)(H,103,123)(H,104,119)(H,105,122)/t61-,68+,69+,70+,71+,72+,73+,74+,75+,76+,81+/m1/s1. The zero-order valence-corrected chi connectivity index (χ0v) is 74.5. The maximum atomic E-state index is 15.5. The summed E-state index contributed by atoms with van der Waals surface area (Å²) in [5.41, 5.74) is 20.8. The number of benzene rings is 5. The number of phenols is 2. The Morgan fingerprint density at radius 2 is 1.01 bits per heavy atom. The van der Waals surface area contributed by atoms with E-state index in [-0.39, 0.29) is 87.3 Å². The number of amides is 15. The predicted molar refractivity (Wildman–Crippen MR) is 481 cm³/mol. The summed E-state index contributed by atoms with van der Waals surface area (Å²) in [6.07, 6.45) is 3.00. The molecule has 129 heavy (non-hydrogen) atoms. The van der Waals surface area contributed by atoms with Gasteiger partial charge in [0.2, 0.25) is 88.6 Å². The highest BCUT2D eigenvalue weighted by Crippen LogP contribution is 2.26. The topological polar surface area (TPSA) is 533 Å². The molecule has 5 aromatic carbocycles. The summed E-state index contributed by atoms with van der Waals surface area (Å²) in [6, 6.07) is 23.6. The van der Waals surface area contributed by atoms with E-state index in [2.05, 4.69) is 52.5 Å². The lowest BCUT2D eigenvalue weighted by molar-refractivity contribution is -0.151. The van der Waals surface area contributed by atoms with E-state index in [1.807, 2.05) is 6.92 Å². The van der Waals surface area contributed by atoms with Crippen LogP contribution in [0.2, 0.25) is 0 Å². The fourth-order valence-corrected chi connectivity index (χ4v) is 16.0. The Balaban J connectivity index is 1.21. The summed E-state index contributed by atoms with van der Waals surface area (Å²) < 4.78 is 0. The summed E-state index contributed by atoms with van der Waals surface area (Å²) >= 11 is 0.874. The van der Waals surface area contributed by atoms with E-state index < -0.39 is 199 Å². The minimum atomic E-state index is -1.78. The van der Waals surface area contributed by atoms with Gasteiger partial charge in [-0.05, 0) is 108 Å². The number of nitrogens with two attached hydrogens (primary N) is 3. The van der Waals surface area contributed by atoms with Gasteiger partial charge >= 0.3 is 0 Å². The van der Waals surface area contributed by atoms with E-state index in [0.717, 1.165) is 26.5 Å². The van der Waals surface area contributed by atoms with Crippen LogP contribution >= 0.6 is 11.8 Å². The number of thioether (sulfide) groups is 1. The number of carbonyl (C=O) groups is 16. The number of hydrogen-bond acceptors (Lipinski definition) is 21. The van der Waals surface area contributed by atoms with E-state index >= 15 is 38.4 Å². The number of rotatable bonds is 24. The second-order valence-corrected chi connectivity index (χ2v) is 33.7. The molecule has 0 aliphatic carbocycles. The quantitative estimate of drug-likeness (QED) is 0.0400. The first-order chi connectivity index (χ1) is 61.5. The van der Waals surface area contributed by atoms with Crippen LogP contribution in [0.1, 0.15) is 99.1 Å². The minimum absolute atomic E-state index is 0.0131. The Hall–Kier alpha value is -13.6. The van der Waals surface area contributed by atoms with Crippen molar-refractivity contribution in [2.75, 3.05) is 72.9 Å². The Morgan fingerprint density at radius 1 is 0.496 bits per heavy atom. The highest BCUT2D eigenvalue weighted by Gasteiger charge is 2.42. The van der Waals surface area contributed by atoms with Gasteiger partial charge in [-0.25, -0.2) is 0 Å². The number of aromatic amines is 1. The first-order valence-corrected chi connectivity index (χ1v) is 43.8. The van der Waals surface area contributed by atoms with Crippen molar-refractivity contribution in [2.45, 2.75) is 165 Å². The molecule has 1 fully saturated rings. The lowest BCUT2D eigenvalue weighted by atomic mass is 9.92. The molecule has 3 heterocycles. The number of hydrogen-bond donors (Lipinski definition) is 14. The van der Waals surface area contributed by atoms with Gasteiger partial charge in [-0.1, -0.05) is 143 Å². The summed E-state index contributed by atoms with van der Waals surface area (Å²) in [7, 11) is 6.61. The zero-order chi connectivity index (χ0) is 94.1. The number of likely N-dealkylation sites (N-methyl/N-ethyl adjacent to an activating group) is 5. The monoisotopic (exact) mass is 1790 g/mol. The minimum Gasteiger partial charge on any atom is -0.508 e. The predicted octanol–water partition coefficient (Wildman–Crippen LogP) is 0.906. The average Bonchev–Trinajstić information content (AvgIpc) is 1.72. The molecular formula is C92H118N18O18S. The molecule has 0 bridgehead atoms. The maximum Gasteiger partial charge on any atom is 0.246 e. The molecule has 11 atom stereocenters. The molecule has 15 amide bonds. The third-order valence-electron chi connectivity index (χ3n) is 22.2. The van der Waals surface area contributed by atoms with Crippen LogP contribution in [0.25, 0.3) is 10.9 Å². The number of nitrogens with one attached hydrogen (secondary N) is 9. The number of unbranched alkanes of at least 4 members (excludes halogenated alkanes) is 1. The van der Waals surface area contributed by atoms with Crippen LogP contribution < -0.4 is 59.7 Å². The van der Waals surface area contributed by atoms with Gasteiger partial charge < -0.3 is 99.4 Å². The van der Waals surface area contributed by atoms with Gasteiger partial charge in [-0.15, -0.1) is 0 Å². The Bertz CT molecular complexity index is 5050. The number of fused-ring (bicyclic) bond motifs is 1. The molecular weight excluding hydrogens is 1680 g/mol. The van der Waals surface area contributed by atoms with Crippen molar-refractivity contribution in [1.82, 2.24) is 77.0 Å². The summed E-state index contributed by atoms with van der Waals surface area (Å²) in [6.45, 7) is 2.75. The Morgan fingerprint density at radius 3 is 1.59 bits per heavy atom. The fourth-order valence-electron chi connectivity index (χ4n) is 15.0. The summed E-state index contributed by atoms with van der Waals surface area (Å²) in [5.74, 6) is -17.1. The van der Waals surface area contributed by atoms with Crippen LogP contribution in [0.15, 0.2) is 164 Å².